The number of hydrogen-bond donors (Lipinski definition) is 0. The Morgan fingerprint density at radius 3 is 2.47 bits per heavy atom. The fourth-order valence-corrected chi connectivity index (χ4v) is 5.60. The maximum absolute atomic E-state index is 6.22. The van der Waals surface area contributed by atoms with Crippen LogP contribution in [0.15, 0.2) is 95.4 Å². The highest BCUT2D eigenvalue weighted by molar-refractivity contribution is 7.19. The molecule has 0 fully saturated rings. The number of hydrogen-bond acceptors (Lipinski definition) is 6. The zero-order chi connectivity index (χ0) is 25.6. The SMILES string of the molecule is Clc1ccc(-c2ccc(-c3cc(-c4nn5c(Cc6ccccc6)nnc5s4)c4ccccc4n3)o2)cc1Cl. The van der Waals surface area contributed by atoms with Crippen molar-refractivity contribution in [2.45, 2.75) is 6.42 Å². The topological polar surface area (TPSA) is 69.1 Å². The quantitative estimate of drug-likeness (QED) is 0.214. The number of benzene rings is 3. The molecule has 0 aliphatic carbocycles. The Labute approximate surface area is 231 Å². The summed E-state index contributed by atoms with van der Waals surface area (Å²) < 4.78 is 8.04. The van der Waals surface area contributed by atoms with Gasteiger partial charge < -0.3 is 4.42 Å². The molecule has 0 radical (unpaired) electrons. The minimum Gasteiger partial charge on any atom is -0.454 e. The molecule has 38 heavy (non-hydrogen) atoms. The molecule has 9 heteroatoms. The number of furan rings is 1. The number of halogens is 2. The van der Waals surface area contributed by atoms with Crippen LogP contribution in [-0.2, 0) is 6.42 Å². The summed E-state index contributed by atoms with van der Waals surface area (Å²) in [6.45, 7) is 0. The number of rotatable bonds is 5. The Bertz CT molecular complexity index is 1940. The minimum absolute atomic E-state index is 0.475. The molecule has 7 rings (SSSR count). The molecule has 0 saturated carbocycles. The summed E-state index contributed by atoms with van der Waals surface area (Å²) in [7, 11) is 0. The van der Waals surface area contributed by atoms with E-state index in [2.05, 4.69) is 28.4 Å². The molecule has 0 saturated heterocycles. The third-order valence-electron chi connectivity index (χ3n) is 6.27. The van der Waals surface area contributed by atoms with E-state index in [-0.39, 0.29) is 0 Å². The fourth-order valence-electron chi connectivity index (χ4n) is 4.41. The van der Waals surface area contributed by atoms with Crippen molar-refractivity contribution in [2.24, 2.45) is 0 Å². The summed E-state index contributed by atoms with van der Waals surface area (Å²) in [5.74, 6) is 2.12. The van der Waals surface area contributed by atoms with Crippen molar-refractivity contribution in [3.05, 3.63) is 112 Å². The van der Waals surface area contributed by atoms with E-state index in [4.69, 9.17) is 37.7 Å². The molecule has 7 aromatic rings. The van der Waals surface area contributed by atoms with Crippen molar-refractivity contribution in [3.8, 4) is 33.3 Å². The van der Waals surface area contributed by atoms with Crippen LogP contribution in [-0.4, -0.2) is 24.8 Å². The molecule has 0 amide bonds. The zero-order valence-corrected chi connectivity index (χ0v) is 22.0. The first-order valence-corrected chi connectivity index (χ1v) is 13.4. The van der Waals surface area contributed by atoms with E-state index in [1.54, 1.807) is 12.1 Å². The van der Waals surface area contributed by atoms with Gasteiger partial charge in [-0.25, -0.2) is 4.98 Å². The maximum Gasteiger partial charge on any atom is 0.234 e. The second-order valence-electron chi connectivity index (χ2n) is 8.75. The Kier molecular flexibility index (Phi) is 5.69. The predicted molar refractivity (Wildman–Crippen MR) is 152 cm³/mol. The zero-order valence-electron chi connectivity index (χ0n) is 19.7. The van der Waals surface area contributed by atoms with Crippen LogP contribution in [0.3, 0.4) is 0 Å². The Balaban J connectivity index is 1.31. The van der Waals surface area contributed by atoms with Gasteiger partial charge in [0.2, 0.25) is 4.96 Å². The highest BCUT2D eigenvalue weighted by Crippen LogP contribution is 2.37. The lowest BCUT2D eigenvalue weighted by Gasteiger charge is -2.06. The smallest absolute Gasteiger partial charge is 0.234 e. The maximum atomic E-state index is 6.22. The molecule has 4 heterocycles. The third-order valence-corrected chi connectivity index (χ3v) is 7.94. The van der Waals surface area contributed by atoms with Gasteiger partial charge in [0, 0.05) is 22.9 Å². The van der Waals surface area contributed by atoms with E-state index in [1.165, 1.54) is 11.3 Å². The van der Waals surface area contributed by atoms with Crippen molar-refractivity contribution >= 4 is 50.4 Å². The van der Waals surface area contributed by atoms with Crippen LogP contribution in [0.5, 0.6) is 0 Å². The Hall–Kier alpha value is -4.04. The summed E-state index contributed by atoms with van der Waals surface area (Å²) in [5, 5.41) is 16.5. The molecule has 3 aromatic carbocycles. The molecule has 184 valence electrons. The predicted octanol–water partition coefficient (Wildman–Crippen LogP) is 8.23. The van der Waals surface area contributed by atoms with Gasteiger partial charge in [-0.05, 0) is 48.0 Å². The number of fused-ring (bicyclic) bond motifs is 2. The molecule has 0 unspecified atom stereocenters. The van der Waals surface area contributed by atoms with Crippen LogP contribution in [0.1, 0.15) is 11.4 Å². The highest BCUT2D eigenvalue weighted by Gasteiger charge is 2.18. The van der Waals surface area contributed by atoms with Gasteiger partial charge >= 0.3 is 0 Å². The number of para-hydroxylation sites is 1. The number of pyridine rings is 1. The lowest BCUT2D eigenvalue weighted by molar-refractivity contribution is 0.595. The van der Waals surface area contributed by atoms with Crippen LogP contribution in [0, 0.1) is 0 Å². The molecule has 0 spiro atoms. The highest BCUT2D eigenvalue weighted by atomic mass is 35.5. The summed E-state index contributed by atoms with van der Waals surface area (Å²) in [4.78, 5) is 5.63. The standard InChI is InChI=1S/C29H17Cl2N5OS/c30-21-11-10-18(15-22(21)31)25-12-13-26(37-25)24-16-20(19-8-4-5-9-23(19)32-24)28-35-36-27(33-34-29(36)38-28)14-17-6-2-1-3-7-17/h1-13,15-16H,14H2. The van der Waals surface area contributed by atoms with E-state index in [9.17, 15) is 0 Å². The third kappa shape index (κ3) is 4.15. The minimum atomic E-state index is 0.475. The molecular formula is C29H17Cl2N5OS. The summed E-state index contributed by atoms with van der Waals surface area (Å²) in [5.41, 5.74) is 4.51. The Morgan fingerprint density at radius 2 is 1.61 bits per heavy atom. The average Bonchev–Trinajstić information content (AvgIpc) is 3.68. The van der Waals surface area contributed by atoms with Gasteiger partial charge in [0.25, 0.3) is 0 Å². The van der Waals surface area contributed by atoms with Crippen molar-refractivity contribution in [1.29, 1.82) is 0 Å². The second-order valence-corrected chi connectivity index (χ2v) is 10.5. The van der Waals surface area contributed by atoms with E-state index < -0.39 is 0 Å². The van der Waals surface area contributed by atoms with Gasteiger partial charge in [0.1, 0.15) is 16.5 Å². The van der Waals surface area contributed by atoms with Crippen LogP contribution < -0.4 is 0 Å². The van der Waals surface area contributed by atoms with Gasteiger partial charge in [-0.3, -0.25) is 0 Å². The first-order chi connectivity index (χ1) is 18.6. The number of aromatic nitrogens is 5. The first-order valence-electron chi connectivity index (χ1n) is 11.8. The van der Waals surface area contributed by atoms with Gasteiger partial charge in [-0.15, -0.1) is 10.2 Å². The van der Waals surface area contributed by atoms with Crippen LogP contribution in [0.4, 0.5) is 0 Å². The second kappa shape index (κ2) is 9.36. The molecule has 0 atom stereocenters. The molecule has 6 nitrogen and oxygen atoms in total. The summed E-state index contributed by atoms with van der Waals surface area (Å²) >= 11 is 13.8. The van der Waals surface area contributed by atoms with Crippen LogP contribution in [0.2, 0.25) is 10.0 Å². The average molecular weight is 554 g/mol. The summed E-state index contributed by atoms with van der Waals surface area (Å²) in [6, 6.07) is 29.5. The van der Waals surface area contributed by atoms with Gasteiger partial charge in [-0.2, -0.15) is 9.61 Å². The lowest BCUT2D eigenvalue weighted by atomic mass is 10.1. The van der Waals surface area contributed by atoms with Crippen LogP contribution in [0.25, 0.3) is 49.2 Å². The van der Waals surface area contributed by atoms with Gasteiger partial charge in [0.15, 0.2) is 11.6 Å². The van der Waals surface area contributed by atoms with E-state index >= 15 is 0 Å². The van der Waals surface area contributed by atoms with Crippen molar-refractivity contribution in [1.82, 2.24) is 24.8 Å². The van der Waals surface area contributed by atoms with E-state index in [1.807, 2.05) is 65.2 Å². The molecule has 4 aromatic heterocycles. The van der Waals surface area contributed by atoms with Crippen molar-refractivity contribution < 1.29 is 4.42 Å². The van der Waals surface area contributed by atoms with E-state index in [0.29, 0.717) is 33.7 Å². The first kappa shape index (κ1) is 23.1. The number of nitrogens with zero attached hydrogens (tertiary/aromatic N) is 5. The van der Waals surface area contributed by atoms with Crippen molar-refractivity contribution in [2.75, 3.05) is 0 Å². The molecule has 0 aliphatic heterocycles. The van der Waals surface area contributed by atoms with Gasteiger partial charge in [-0.1, -0.05) is 83.1 Å². The monoisotopic (exact) mass is 553 g/mol. The van der Waals surface area contributed by atoms with Gasteiger partial charge in [0.05, 0.1) is 15.6 Å². The fraction of sp³-hybridized carbons (Fsp3) is 0.0345. The van der Waals surface area contributed by atoms with Crippen LogP contribution >= 0.6 is 34.5 Å². The summed E-state index contributed by atoms with van der Waals surface area (Å²) in [6.07, 6.45) is 0.650. The van der Waals surface area contributed by atoms with E-state index in [0.717, 1.165) is 43.4 Å². The normalized spacial score (nSPS) is 11.5. The molecule has 0 bridgehead atoms. The lowest BCUT2D eigenvalue weighted by Crippen LogP contribution is -1.98. The van der Waals surface area contributed by atoms with Crippen molar-refractivity contribution in [3.63, 3.8) is 0 Å². The molecule has 0 N–H and O–H groups in total. The Morgan fingerprint density at radius 1 is 0.789 bits per heavy atom. The molecule has 0 aliphatic rings. The molecular weight excluding hydrogens is 537 g/mol. The largest absolute Gasteiger partial charge is 0.454 e.